The average molecular weight is 344 g/mol. The second kappa shape index (κ2) is 6.41. The van der Waals surface area contributed by atoms with Crippen molar-refractivity contribution >= 4 is 11.0 Å². The van der Waals surface area contributed by atoms with Crippen LogP contribution in [0.1, 0.15) is 0 Å². The largest absolute Gasteiger partial charge is 0.504 e. The van der Waals surface area contributed by atoms with Gasteiger partial charge in [0.2, 0.25) is 5.43 Å². The average Bonchev–Trinajstić information content (AvgIpc) is 2.69. The Kier molecular flexibility index (Phi) is 3.93. The molecule has 0 saturated carbocycles. The third-order valence-electron chi connectivity index (χ3n) is 4.31. The highest BCUT2D eigenvalue weighted by atomic mass is 16.5. The molecule has 0 spiro atoms. The van der Waals surface area contributed by atoms with E-state index in [9.17, 15) is 9.90 Å². The van der Waals surface area contributed by atoms with Gasteiger partial charge in [-0.05, 0) is 17.7 Å². The van der Waals surface area contributed by atoms with E-state index in [4.69, 9.17) is 9.15 Å². The van der Waals surface area contributed by atoms with Crippen LogP contribution in [-0.4, -0.2) is 12.2 Å². The summed E-state index contributed by atoms with van der Waals surface area (Å²) >= 11 is 0. The van der Waals surface area contributed by atoms with Crippen molar-refractivity contribution in [2.45, 2.75) is 0 Å². The molecule has 4 rings (SSSR count). The van der Waals surface area contributed by atoms with Gasteiger partial charge >= 0.3 is 0 Å². The molecular weight excluding hydrogens is 328 g/mol. The Morgan fingerprint density at radius 2 is 1.46 bits per heavy atom. The van der Waals surface area contributed by atoms with Crippen LogP contribution in [0.3, 0.4) is 0 Å². The lowest BCUT2D eigenvalue weighted by Gasteiger charge is -2.12. The van der Waals surface area contributed by atoms with Crippen molar-refractivity contribution in [2.24, 2.45) is 0 Å². The molecule has 3 aromatic carbocycles. The van der Waals surface area contributed by atoms with Crippen LogP contribution in [0.15, 0.2) is 82.0 Å². The lowest BCUT2D eigenvalue weighted by molar-refractivity contribution is 0.376. The monoisotopic (exact) mass is 344 g/mol. The molecule has 0 atom stereocenters. The molecule has 0 aliphatic rings. The predicted octanol–water partition coefficient (Wildman–Crippen LogP) is 4.84. The normalized spacial score (nSPS) is 10.8. The summed E-state index contributed by atoms with van der Waals surface area (Å²) in [6, 6.07) is 22.0. The first-order valence-electron chi connectivity index (χ1n) is 8.18. The van der Waals surface area contributed by atoms with Crippen LogP contribution in [0.2, 0.25) is 0 Å². The fourth-order valence-corrected chi connectivity index (χ4v) is 3.07. The molecule has 0 aliphatic carbocycles. The van der Waals surface area contributed by atoms with Crippen LogP contribution in [-0.2, 0) is 0 Å². The molecule has 4 nitrogen and oxygen atoms in total. The Morgan fingerprint density at radius 3 is 2.08 bits per heavy atom. The number of phenolic OH excluding ortho intramolecular Hbond substituents is 1. The first kappa shape index (κ1) is 16.0. The molecule has 128 valence electrons. The maximum absolute atomic E-state index is 13.3. The second-order valence-electron chi connectivity index (χ2n) is 5.86. The number of methoxy groups -OCH3 is 1. The number of fused-ring (bicyclic) bond motifs is 1. The Hall–Kier alpha value is -3.53. The number of phenols is 1. The summed E-state index contributed by atoms with van der Waals surface area (Å²) in [4.78, 5) is 13.3. The number of hydrogen-bond acceptors (Lipinski definition) is 4. The molecule has 1 aromatic heterocycles. The molecule has 0 saturated heterocycles. The molecule has 0 fully saturated rings. The third kappa shape index (κ3) is 2.52. The first-order chi connectivity index (χ1) is 12.7. The van der Waals surface area contributed by atoms with Crippen molar-refractivity contribution < 1.29 is 14.3 Å². The summed E-state index contributed by atoms with van der Waals surface area (Å²) in [5, 5.41) is 10.6. The summed E-state index contributed by atoms with van der Waals surface area (Å²) in [5.74, 6) is 0.491. The van der Waals surface area contributed by atoms with Gasteiger partial charge in [-0.25, -0.2) is 0 Å². The van der Waals surface area contributed by atoms with Gasteiger partial charge in [-0.15, -0.1) is 0 Å². The zero-order valence-electron chi connectivity index (χ0n) is 14.1. The van der Waals surface area contributed by atoms with E-state index in [0.717, 1.165) is 11.1 Å². The highest BCUT2D eigenvalue weighted by Crippen LogP contribution is 2.38. The second-order valence-corrected chi connectivity index (χ2v) is 5.86. The van der Waals surface area contributed by atoms with E-state index < -0.39 is 0 Å². The van der Waals surface area contributed by atoms with Gasteiger partial charge in [-0.1, -0.05) is 60.7 Å². The van der Waals surface area contributed by atoms with E-state index >= 15 is 0 Å². The summed E-state index contributed by atoms with van der Waals surface area (Å²) in [7, 11) is 1.44. The van der Waals surface area contributed by atoms with E-state index in [1.165, 1.54) is 7.11 Å². The van der Waals surface area contributed by atoms with Gasteiger partial charge in [0, 0.05) is 5.56 Å². The Balaban J connectivity index is 2.15. The number of rotatable bonds is 3. The molecule has 0 aliphatic heterocycles. The number of hydrogen-bond donors (Lipinski definition) is 1. The maximum Gasteiger partial charge on any atom is 0.205 e. The van der Waals surface area contributed by atoms with Crippen LogP contribution in [0.25, 0.3) is 33.4 Å². The van der Waals surface area contributed by atoms with Gasteiger partial charge < -0.3 is 14.3 Å². The van der Waals surface area contributed by atoms with E-state index in [1.807, 2.05) is 60.7 Å². The fourth-order valence-electron chi connectivity index (χ4n) is 3.07. The smallest absolute Gasteiger partial charge is 0.205 e. The minimum atomic E-state index is -0.298. The van der Waals surface area contributed by atoms with Crippen molar-refractivity contribution in [1.82, 2.24) is 0 Å². The molecule has 0 amide bonds. The minimum absolute atomic E-state index is 0.114. The topological polar surface area (TPSA) is 59.7 Å². The number of ether oxygens (including phenoxy) is 1. The maximum atomic E-state index is 13.3. The van der Waals surface area contributed by atoms with E-state index in [0.29, 0.717) is 16.9 Å². The number of aromatic hydroxyl groups is 1. The zero-order valence-corrected chi connectivity index (χ0v) is 14.1. The molecule has 0 radical (unpaired) electrons. The van der Waals surface area contributed by atoms with Crippen molar-refractivity contribution in [3.63, 3.8) is 0 Å². The molecule has 1 heterocycles. The minimum Gasteiger partial charge on any atom is -0.504 e. The third-order valence-corrected chi connectivity index (χ3v) is 4.31. The van der Waals surface area contributed by atoms with Crippen molar-refractivity contribution in [3.05, 3.63) is 83.0 Å². The Morgan fingerprint density at radius 1 is 0.846 bits per heavy atom. The number of benzene rings is 3. The zero-order chi connectivity index (χ0) is 18.1. The summed E-state index contributed by atoms with van der Waals surface area (Å²) in [6.07, 6.45) is 0. The molecule has 0 bridgehead atoms. The van der Waals surface area contributed by atoms with E-state index in [2.05, 4.69) is 0 Å². The molecule has 1 N–H and O–H groups in total. The van der Waals surface area contributed by atoms with Gasteiger partial charge in [0.1, 0.15) is 16.7 Å². The Bertz CT molecular complexity index is 1130. The standard InChI is InChI=1S/C22H16O4/c1-25-17-13-12-16-19(20(17)23)21(24)18(14-8-4-2-5-9-14)22(26-16)15-10-6-3-7-11-15/h2-13,23H,1H3. The molecule has 26 heavy (non-hydrogen) atoms. The fraction of sp³-hybridized carbons (Fsp3) is 0.0455. The Labute approximate surface area is 149 Å². The SMILES string of the molecule is COc1ccc2oc(-c3ccccc3)c(-c3ccccc3)c(=O)c2c1O. The summed E-state index contributed by atoms with van der Waals surface area (Å²) in [6.45, 7) is 0. The summed E-state index contributed by atoms with van der Waals surface area (Å²) in [5.41, 5.74) is 1.94. The lowest BCUT2D eigenvalue weighted by atomic mass is 9.98. The van der Waals surface area contributed by atoms with Crippen molar-refractivity contribution in [2.75, 3.05) is 7.11 Å². The quantitative estimate of drug-likeness (QED) is 0.578. The van der Waals surface area contributed by atoms with Crippen molar-refractivity contribution in [1.29, 1.82) is 0 Å². The predicted molar refractivity (Wildman–Crippen MR) is 102 cm³/mol. The van der Waals surface area contributed by atoms with Gasteiger partial charge in [0.25, 0.3) is 0 Å². The molecule has 4 aromatic rings. The van der Waals surface area contributed by atoms with Crippen LogP contribution in [0, 0.1) is 0 Å². The highest BCUT2D eigenvalue weighted by molar-refractivity contribution is 5.93. The van der Waals surface area contributed by atoms with Gasteiger partial charge in [0.15, 0.2) is 11.5 Å². The van der Waals surface area contributed by atoms with Crippen LogP contribution in [0.4, 0.5) is 0 Å². The molecule has 0 unspecified atom stereocenters. The van der Waals surface area contributed by atoms with Gasteiger partial charge in [-0.3, -0.25) is 4.79 Å². The van der Waals surface area contributed by atoms with Crippen LogP contribution in [0.5, 0.6) is 11.5 Å². The highest BCUT2D eigenvalue weighted by Gasteiger charge is 2.21. The van der Waals surface area contributed by atoms with Gasteiger partial charge in [-0.2, -0.15) is 0 Å². The van der Waals surface area contributed by atoms with Crippen LogP contribution >= 0.6 is 0 Å². The molecule has 4 heteroatoms. The van der Waals surface area contributed by atoms with Gasteiger partial charge in [0.05, 0.1) is 12.7 Å². The summed E-state index contributed by atoms with van der Waals surface area (Å²) < 4.78 is 11.2. The van der Waals surface area contributed by atoms with E-state index in [-0.39, 0.29) is 22.3 Å². The van der Waals surface area contributed by atoms with Crippen molar-refractivity contribution in [3.8, 4) is 33.9 Å². The molecular formula is C22H16O4. The lowest BCUT2D eigenvalue weighted by Crippen LogP contribution is -2.08. The van der Waals surface area contributed by atoms with E-state index in [1.54, 1.807) is 12.1 Å². The first-order valence-corrected chi connectivity index (χ1v) is 8.18. The van der Waals surface area contributed by atoms with Crippen LogP contribution < -0.4 is 10.2 Å².